The lowest BCUT2D eigenvalue weighted by atomic mass is 10.1. The Morgan fingerprint density at radius 3 is 2.13 bits per heavy atom. The third-order valence-corrected chi connectivity index (χ3v) is 3.42. The van der Waals surface area contributed by atoms with Crippen LogP contribution in [-0.2, 0) is 6.42 Å². The fourth-order valence-corrected chi connectivity index (χ4v) is 2.24. The summed E-state index contributed by atoms with van der Waals surface area (Å²) in [5.74, 6) is -0.202. The first kappa shape index (κ1) is 15.0. The van der Waals surface area contributed by atoms with Crippen molar-refractivity contribution in [3.05, 3.63) is 83.6 Å². The van der Waals surface area contributed by atoms with Crippen LogP contribution < -0.4 is 11.1 Å². The van der Waals surface area contributed by atoms with Crippen molar-refractivity contribution in [1.29, 1.82) is 0 Å². The van der Waals surface area contributed by atoms with Crippen LogP contribution in [0.15, 0.2) is 60.8 Å². The molecular weight excluding hydrogens is 296 g/mol. The van der Waals surface area contributed by atoms with Gasteiger partial charge in [-0.1, -0.05) is 12.1 Å². The van der Waals surface area contributed by atoms with Crippen molar-refractivity contribution < 1.29 is 8.78 Å². The number of aromatic nitrogens is 1. The van der Waals surface area contributed by atoms with Gasteiger partial charge in [0.15, 0.2) is 0 Å². The lowest BCUT2D eigenvalue weighted by Gasteiger charge is -2.11. The standard InChI is InChI=1S/C18H15F2N3/c19-14-3-1-12(2-4-14)9-13-10-17(18(21)22-11-13)23-16-7-5-15(20)6-8-16/h1-8,10-11,23H,9H2,(H2,21,22). The van der Waals surface area contributed by atoms with E-state index in [1.807, 2.05) is 6.07 Å². The van der Waals surface area contributed by atoms with Crippen LogP contribution >= 0.6 is 0 Å². The van der Waals surface area contributed by atoms with E-state index >= 15 is 0 Å². The summed E-state index contributed by atoms with van der Waals surface area (Å²) in [6.45, 7) is 0. The van der Waals surface area contributed by atoms with Crippen molar-refractivity contribution in [2.24, 2.45) is 0 Å². The largest absolute Gasteiger partial charge is 0.382 e. The molecule has 1 aromatic heterocycles. The number of nitrogens with one attached hydrogen (secondary N) is 1. The highest BCUT2D eigenvalue weighted by Crippen LogP contribution is 2.23. The van der Waals surface area contributed by atoms with E-state index in [9.17, 15) is 8.78 Å². The van der Waals surface area contributed by atoms with Crippen molar-refractivity contribution in [1.82, 2.24) is 4.98 Å². The van der Waals surface area contributed by atoms with E-state index in [1.54, 1.807) is 30.5 Å². The summed E-state index contributed by atoms with van der Waals surface area (Å²) in [4.78, 5) is 4.17. The molecule has 3 nitrogen and oxygen atoms in total. The topological polar surface area (TPSA) is 50.9 Å². The SMILES string of the molecule is Nc1ncc(Cc2ccc(F)cc2)cc1Nc1ccc(F)cc1. The lowest BCUT2D eigenvalue weighted by molar-refractivity contribution is 0.627. The second-order valence-electron chi connectivity index (χ2n) is 5.21. The maximum absolute atomic E-state index is 12.9. The summed E-state index contributed by atoms with van der Waals surface area (Å²) in [5.41, 5.74) is 9.17. The molecule has 2 aromatic carbocycles. The number of hydrogen-bond acceptors (Lipinski definition) is 3. The summed E-state index contributed by atoms with van der Waals surface area (Å²) in [6.07, 6.45) is 2.31. The van der Waals surface area contributed by atoms with Gasteiger partial charge in [-0.3, -0.25) is 0 Å². The first-order valence-corrected chi connectivity index (χ1v) is 7.11. The van der Waals surface area contributed by atoms with Gasteiger partial charge in [-0.2, -0.15) is 0 Å². The Bertz CT molecular complexity index is 800. The van der Waals surface area contributed by atoms with Gasteiger partial charge < -0.3 is 11.1 Å². The summed E-state index contributed by atoms with van der Waals surface area (Å²) in [5, 5.41) is 3.12. The number of anilines is 3. The van der Waals surface area contributed by atoms with Crippen molar-refractivity contribution in [2.45, 2.75) is 6.42 Å². The highest BCUT2D eigenvalue weighted by molar-refractivity contribution is 5.70. The molecule has 0 saturated heterocycles. The third kappa shape index (κ3) is 3.83. The fourth-order valence-electron chi connectivity index (χ4n) is 2.24. The van der Waals surface area contributed by atoms with Gasteiger partial charge in [0.2, 0.25) is 0 Å². The molecule has 3 N–H and O–H groups in total. The maximum atomic E-state index is 12.9. The van der Waals surface area contributed by atoms with Crippen molar-refractivity contribution >= 4 is 17.2 Å². The van der Waals surface area contributed by atoms with E-state index < -0.39 is 0 Å². The van der Waals surface area contributed by atoms with Gasteiger partial charge in [0.05, 0.1) is 5.69 Å². The lowest BCUT2D eigenvalue weighted by Crippen LogP contribution is -2.01. The molecule has 5 heteroatoms. The molecule has 0 spiro atoms. The first-order valence-electron chi connectivity index (χ1n) is 7.11. The number of pyridine rings is 1. The van der Waals surface area contributed by atoms with Gasteiger partial charge >= 0.3 is 0 Å². The van der Waals surface area contributed by atoms with E-state index in [1.165, 1.54) is 24.3 Å². The number of rotatable bonds is 4. The maximum Gasteiger partial charge on any atom is 0.147 e. The van der Waals surface area contributed by atoms with Crippen molar-refractivity contribution in [3.63, 3.8) is 0 Å². The molecule has 0 bridgehead atoms. The minimum Gasteiger partial charge on any atom is -0.382 e. The smallest absolute Gasteiger partial charge is 0.147 e. The second kappa shape index (κ2) is 6.44. The normalized spacial score (nSPS) is 10.5. The summed E-state index contributed by atoms with van der Waals surface area (Å²) in [6, 6.07) is 14.2. The molecule has 116 valence electrons. The molecule has 0 atom stereocenters. The number of nitrogen functional groups attached to an aromatic ring is 1. The molecule has 0 amide bonds. The molecule has 0 unspecified atom stereocenters. The molecular formula is C18H15F2N3. The van der Waals surface area contributed by atoms with E-state index in [2.05, 4.69) is 10.3 Å². The van der Waals surface area contributed by atoms with Gasteiger partial charge in [-0.25, -0.2) is 13.8 Å². The van der Waals surface area contributed by atoms with Gasteiger partial charge in [0.1, 0.15) is 17.5 Å². The van der Waals surface area contributed by atoms with Crippen LogP contribution in [0.1, 0.15) is 11.1 Å². The van der Waals surface area contributed by atoms with Gasteiger partial charge in [0, 0.05) is 11.9 Å². The average Bonchev–Trinajstić information content (AvgIpc) is 2.55. The van der Waals surface area contributed by atoms with Crippen LogP contribution in [0.25, 0.3) is 0 Å². The van der Waals surface area contributed by atoms with Crippen molar-refractivity contribution in [2.75, 3.05) is 11.1 Å². The highest BCUT2D eigenvalue weighted by Gasteiger charge is 2.05. The summed E-state index contributed by atoms with van der Waals surface area (Å²) >= 11 is 0. The highest BCUT2D eigenvalue weighted by atomic mass is 19.1. The number of benzene rings is 2. The summed E-state index contributed by atoms with van der Waals surface area (Å²) < 4.78 is 25.9. The zero-order valence-electron chi connectivity index (χ0n) is 12.3. The molecule has 0 aliphatic heterocycles. The minimum absolute atomic E-state index is 0.261. The number of nitrogens with zero attached hydrogens (tertiary/aromatic N) is 1. The second-order valence-corrected chi connectivity index (χ2v) is 5.21. The first-order chi connectivity index (χ1) is 11.1. The van der Waals surface area contributed by atoms with E-state index in [4.69, 9.17) is 5.73 Å². The fraction of sp³-hybridized carbons (Fsp3) is 0.0556. The molecule has 0 aliphatic rings. The van der Waals surface area contributed by atoms with E-state index in [0.717, 1.165) is 16.8 Å². The molecule has 3 aromatic rings. The Hall–Kier alpha value is -2.95. The molecule has 3 rings (SSSR count). The van der Waals surface area contributed by atoms with Crippen molar-refractivity contribution in [3.8, 4) is 0 Å². The third-order valence-electron chi connectivity index (χ3n) is 3.42. The summed E-state index contributed by atoms with van der Waals surface area (Å²) in [7, 11) is 0. The molecule has 0 radical (unpaired) electrons. The van der Waals surface area contributed by atoms with Crippen LogP contribution in [0.3, 0.4) is 0 Å². The van der Waals surface area contributed by atoms with E-state index in [-0.39, 0.29) is 11.6 Å². The Kier molecular flexibility index (Phi) is 4.19. The van der Waals surface area contributed by atoms with E-state index in [0.29, 0.717) is 17.9 Å². The number of halogens is 2. The zero-order chi connectivity index (χ0) is 16.2. The minimum atomic E-state index is -0.299. The molecule has 1 heterocycles. The predicted octanol–water partition coefficient (Wildman–Crippen LogP) is 4.28. The molecule has 23 heavy (non-hydrogen) atoms. The monoisotopic (exact) mass is 311 g/mol. The zero-order valence-corrected chi connectivity index (χ0v) is 12.3. The molecule has 0 aliphatic carbocycles. The van der Waals surface area contributed by atoms with Crippen LogP contribution in [0.2, 0.25) is 0 Å². The Balaban J connectivity index is 1.81. The molecule has 0 saturated carbocycles. The van der Waals surface area contributed by atoms with Crippen LogP contribution in [-0.4, -0.2) is 4.98 Å². The Morgan fingerprint density at radius 1 is 0.870 bits per heavy atom. The van der Waals surface area contributed by atoms with Crippen LogP contribution in [0.5, 0.6) is 0 Å². The average molecular weight is 311 g/mol. The van der Waals surface area contributed by atoms with Gasteiger partial charge in [-0.15, -0.1) is 0 Å². The van der Waals surface area contributed by atoms with Crippen LogP contribution in [0, 0.1) is 11.6 Å². The van der Waals surface area contributed by atoms with Gasteiger partial charge in [0.25, 0.3) is 0 Å². The predicted molar refractivity (Wildman–Crippen MR) is 87.5 cm³/mol. The van der Waals surface area contributed by atoms with Crippen LogP contribution in [0.4, 0.5) is 26.0 Å². The Morgan fingerprint density at radius 2 is 1.48 bits per heavy atom. The van der Waals surface area contributed by atoms with Gasteiger partial charge in [-0.05, 0) is 60.0 Å². The molecule has 0 fully saturated rings. The number of hydrogen-bond donors (Lipinski definition) is 2. The quantitative estimate of drug-likeness (QED) is 0.756. The Labute approximate surface area is 132 Å². The number of nitrogens with two attached hydrogens (primary N) is 1.